The van der Waals surface area contributed by atoms with E-state index in [1.54, 1.807) is 0 Å². The Hall–Kier alpha value is -1.46. The molecule has 1 aromatic carbocycles. The first-order valence-corrected chi connectivity index (χ1v) is 9.51. The number of piperidine rings is 1. The van der Waals surface area contributed by atoms with Gasteiger partial charge in [-0.2, -0.15) is 0 Å². The number of rotatable bonds is 8. The highest BCUT2D eigenvalue weighted by molar-refractivity contribution is 5.95. The molecule has 2 N–H and O–H groups in total. The molecule has 26 heavy (non-hydrogen) atoms. The largest absolute Gasteiger partial charge is 0.490 e. The number of hydrogen-bond acceptors (Lipinski definition) is 4. The van der Waals surface area contributed by atoms with Gasteiger partial charge in [-0.05, 0) is 56.7 Å². The van der Waals surface area contributed by atoms with Crippen LogP contribution in [-0.4, -0.2) is 43.2 Å². The molecule has 0 aliphatic carbocycles. The first-order chi connectivity index (χ1) is 12.1. The fraction of sp³-hybridized carbons (Fsp3) is 0.650. The van der Waals surface area contributed by atoms with Gasteiger partial charge in [0.05, 0.1) is 13.2 Å². The zero-order valence-corrected chi connectivity index (χ0v) is 17.0. The summed E-state index contributed by atoms with van der Waals surface area (Å²) in [4.78, 5) is 14.7. The molecular formula is C20H33ClN2O3. The molecule has 148 valence electrons. The zero-order chi connectivity index (χ0) is 18.2. The van der Waals surface area contributed by atoms with E-state index >= 15 is 0 Å². The Kier molecular flexibility index (Phi) is 9.81. The highest BCUT2D eigenvalue weighted by atomic mass is 35.5. The van der Waals surface area contributed by atoms with Crippen molar-refractivity contribution in [1.29, 1.82) is 0 Å². The molecule has 1 aromatic rings. The van der Waals surface area contributed by atoms with Crippen LogP contribution in [0.1, 0.15) is 56.8 Å². The first-order valence-electron chi connectivity index (χ1n) is 9.51. The number of likely N-dealkylation sites (tertiary alicyclic amines) is 1. The summed E-state index contributed by atoms with van der Waals surface area (Å²) in [7, 11) is 0. The van der Waals surface area contributed by atoms with Crippen LogP contribution in [0.3, 0.4) is 0 Å². The molecule has 0 bridgehead atoms. The molecule has 6 heteroatoms. The summed E-state index contributed by atoms with van der Waals surface area (Å²) >= 11 is 0. The molecule has 1 aliphatic rings. The molecule has 0 spiro atoms. The van der Waals surface area contributed by atoms with Crippen molar-refractivity contribution in [2.75, 3.05) is 26.3 Å². The van der Waals surface area contributed by atoms with Gasteiger partial charge in [0.1, 0.15) is 0 Å². The van der Waals surface area contributed by atoms with Gasteiger partial charge in [0, 0.05) is 24.7 Å². The molecule has 0 aromatic heterocycles. The molecule has 1 fully saturated rings. The molecule has 1 amide bonds. The van der Waals surface area contributed by atoms with Crippen molar-refractivity contribution >= 4 is 18.3 Å². The molecule has 2 rings (SSSR count). The van der Waals surface area contributed by atoms with Gasteiger partial charge in [-0.15, -0.1) is 12.4 Å². The van der Waals surface area contributed by atoms with Crippen LogP contribution in [0.5, 0.6) is 11.5 Å². The topological polar surface area (TPSA) is 64.8 Å². The summed E-state index contributed by atoms with van der Waals surface area (Å²) in [5.74, 6) is 1.94. The summed E-state index contributed by atoms with van der Waals surface area (Å²) < 4.78 is 11.5. The Bertz CT molecular complexity index is 558. The minimum atomic E-state index is 0. The van der Waals surface area contributed by atoms with Crippen LogP contribution in [0, 0.1) is 5.92 Å². The SMILES string of the molecule is CCCOc1ccc(C(=O)N2CCC(C(C)N)CC2)cc1OCCC.Cl. The average Bonchev–Trinajstić information content (AvgIpc) is 2.64. The molecule has 1 atom stereocenters. The van der Waals surface area contributed by atoms with Crippen LogP contribution in [-0.2, 0) is 0 Å². The van der Waals surface area contributed by atoms with E-state index in [4.69, 9.17) is 15.2 Å². The van der Waals surface area contributed by atoms with Gasteiger partial charge in [0.25, 0.3) is 5.91 Å². The second-order valence-electron chi connectivity index (χ2n) is 6.85. The maximum absolute atomic E-state index is 12.8. The summed E-state index contributed by atoms with van der Waals surface area (Å²) in [5, 5.41) is 0. The predicted molar refractivity (Wildman–Crippen MR) is 108 cm³/mol. The molecule has 5 nitrogen and oxygen atoms in total. The van der Waals surface area contributed by atoms with Gasteiger partial charge in [-0.25, -0.2) is 0 Å². The zero-order valence-electron chi connectivity index (χ0n) is 16.2. The van der Waals surface area contributed by atoms with Crippen molar-refractivity contribution in [3.63, 3.8) is 0 Å². The van der Waals surface area contributed by atoms with E-state index in [0.29, 0.717) is 36.2 Å². The van der Waals surface area contributed by atoms with Gasteiger partial charge in [0.2, 0.25) is 0 Å². The third-order valence-corrected chi connectivity index (χ3v) is 4.68. The van der Waals surface area contributed by atoms with E-state index in [1.165, 1.54) is 0 Å². The molecule has 1 saturated heterocycles. The van der Waals surface area contributed by atoms with Crippen molar-refractivity contribution in [2.45, 2.75) is 52.5 Å². The lowest BCUT2D eigenvalue weighted by molar-refractivity contribution is 0.0680. The van der Waals surface area contributed by atoms with Crippen LogP contribution in [0.15, 0.2) is 18.2 Å². The Morgan fingerprint density at radius 2 is 1.73 bits per heavy atom. The maximum Gasteiger partial charge on any atom is 0.253 e. The summed E-state index contributed by atoms with van der Waals surface area (Å²) in [6, 6.07) is 5.70. The number of benzene rings is 1. The van der Waals surface area contributed by atoms with Gasteiger partial charge < -0.3 is 20.1 Å². The monoisotopic (exact) mass is 384 g/mol. The standard InChI is InChI=1S/C20H32N2O3.ClH/c1-4-12-24-18-7-6-17(14-19(18)25-13-5-2)20(23)22-10-8-16(9-11-22)15(3)21;/h6-7,14-16H,4-5,8-13,21H2,1-3H3;1H. The number of amides is 1. The molecule has 0 radical (unpaired) electrons. The lowest BCUT2D eigenvalue weighted by Crippen LogP contribution is -2.42. The third kappa shape index (κ3) is 6.06. The number of carbonyl (C=O) groups excluding carboxylic acids is 1. The van der Waals surface area contributed by atoms with E-state index in [1.807, 2.05) is 23.1 Å². The Balaban J connectivity index is 0.00000338. The first kappa shape index (κ1) is 22.6. The van der Waals surface area contributed by atoms with E-state index in [2.05, 4.69) is 20.8 Å². The number of hydrogen-bond donors (Lipinski definition) is 1. The average molecular weight is 385 g/mol. The molecule has 0 saturated carbocycles. The van der Waals surface area contributed by atoms with Crippen LogP contribution in [0.2, 0.25) is 0 Å². The highest BCUT2D eigenvalue weighted by Gasteiger charge is 2.26. The van der Waals surface area contributed by atoms with Crippen LogP contribution in [0.25, 0.3) is 0 Å². The highest BCUT2D eigenvalue weighted by Crippen LogP contribution is 2.30. The van der Waals surface area contributed by atoms with Gasteiger partial charge in [-0.3, -0.25) is 4.79 Å². The van der Waals surface area contributed by atoms with E-state index in [0.717, 1.165) is 38.8 Å². The third-order valence-electron chi connectivity index (χ3n) is 4.68. The van der Waals surface area contributed by atoms with Crippen molar-refractivity contribution < 1.29 is 14.3 Å². The number of carbonyl (C=O) groups is 1. The Morgan fingerprint density at radius 1 is 1.15 bits per heavy atom. The van der Waals surface area contributed by atoms with Crippen LogP contribution in [0.4, 0.5) is 0 Å². The van der Waals surface area contributed by atoms with Crippen LogP contribution >= 0.6 is 12.4 Å². The van der Waals surface area contributed by atoms with E-state index < -0.39 is 0 Å². The number of ether oxygens (including phenoxy) is 2. The molecule has 1 unspecified atom stereocenters. The smallest absolute Gasteiger partial charge is 0.253 e. The van der Waals surface area contributed by atoms with Gasteiger partial charge >= 0.3 is 0 Å². The normalized spacial score (nSPS) is 15.9. The maximum atomic E-state index is 12.8. The second-order valence-corrected chi connectivity index (χ2v) is 6.85. The molecular weight excluding hydrogens is 352 g/mol. The molecule has 1 aliphatic heterocycles. The predicted octanol–water partition coefficient (Wildman–Crippen LogP) is 3.89. The molecule has 1 heterocycles. The number of halogens is 1. The lowest BCUT2D eigenvalue weighted by atomic mass is 9.90. The minimum Gasteiger partial charge on any atom is -0.490 e. The van der Waals surface area contributed by atoms with Crippen molar-refractivity contribution in [3.8, 4) is 11.5 Å². The Morgan fingerprint density at radius 3 is 2.27 bits per heavy atom. The summed E-state index contributed by atoms with van der Waals surface area (Å²) in [6.07, 6.45) is 3.79. The summed E-state index contributed by atoms with van der Waals surface area (Å²) in [5.41, 5.74) is 6.65. The number of nitrogens with zero attached hydrogens (tertiary/aromatic N) is 1. The lowest BCUT2D eigenvalue weighted by Gasteiger charge is -2.33. The van der Waals surface area contributed by atoms with Gasteiger partial charge in [-0.1, -0.05) is 13.8 Å². The fourth-order valence-corrected chi connectivity index (χ4v) is 3.11. The van der Waals surface area contributed by atoms with E-state index in [9.17, 15) is 4.79 Å². The fourth-order valence-electron chi connectivity index (χ4n) is 3.11. The second kappa shape index (κ2) is 11.3. The minimum absolute atomic E-state index is 0. The van der Waals surface area contributed by atoms with Crippen molar-refractivity contribution in [3.05, 3.63) is 23.8 Å². The van der Waals surface area contributed by atoms with E-state index in [-0.39, 0.29) is 24.4 Å². The van der Waals surface area contributed by atoms with Crippen molar-refractivity contribution in [1.82, 2.24) is 4.90 Å². The van der Waals surface area contributed by atoms with Crippen molar-refractivity contribution in [2.24, 2.45) is 11.7 Å². The quantitative estimate of drug-likeness (QED) is 0.738. The van der Waals surface area contributed by atoms with Crippen LogP contribution < -0.4 is 15.2 Å². The van der Waals surface area contributed by atoms with Gasteiger partial charge in [0.15, 0.2) is 11.5 Å². The Labute approximate surface area is 163 Å². The summed E-state index contributed by atoms with van der Waals surface area (Å²) in [6.45, 7) is 8.96. The number of nitrogens with two attached hydrogens (primary N) is 1.